The molecule has 4 heteroatoms. The molecule has 0 heterocycles. The second kappa shape index (κ2) is 8.03. The number of nitrogens with two attached hydrogens (primary N) is 1. The molecule has 0 saturated heterocycles. The van der Waals surface area contributed by atoms with Gasteiger partial charge in [-0.25, -0.2) is 0 Å². The van der Waals surface area contributed by atoms with E-state index in [4.69, 9.17) is 10.5 Å². The molecular weight excluding hydrogens is 264 g/mol. The average Bonchev–Trinajstić information content (AvgIpc) is 2.78. The summed E-state index contributed by atoms with van der Waals surface area (Å²) in [6.07, 6.45) is 6.85. The van der Waals surface area contributed by atoms with E-state index in [0.717, 1.165) is 42.7 Å². The Labute approximate surface area is 127 Å². The van der Waals surface area contributed by atoms with E-state index in [2.05, 4.69) is 5.32 Å². The Morgan fingerprint density at radius 1 is 1.29 bits per heavy atom. The normalized spacial score (nSPS) is 16.3. The molecule has 0 radical (unpaired) electrons. The molecule has 0 aliphatic heterocycles. The van der Waals surface area contributed by atoms with Crippen molar-refractivity contribution in [3.05, 3.63) is 23.8 Å². The van der Waals surface area contributed by atoms with Gasteiger partial charge in [0.2, 0.25) is 5.91 Å². The molecule has 116 valence electrons. The van der Waals surface area contributed by atoms with Crippen molar-refractivity contribution < 1.29 is 9.53 Å². The number of anilines is 1. The molecule has 0 bridgehead atoms. The molecular formula is C17H26N2O2. The van der Waals surface area contributed by atoms with Crippen molar-refractivity contribution in [1.82, 2.24) is 0 Å². The Kier molecular flexibility index (Phi) is 6.05. The Bertz CT molecular complexity index is 466. The van der Waals surface area contributed by atoms with Crippen LogP contribution in [0.25, 0.3) is 0 Å². The van der Waals surface area contributed by atoms with Crippen molar-refractivity contribution >= 4 is 11.6 Å². The summed E-state index contributed by atoms with van der Waals surface area (Å²) in [5.41, 5.74) is 7.49. The van der Waals surface area contributed by atoms with Gasteiger partial charge in [0.1, 0.15) is 5.75 Å². The van der Waals surface area contributed by atoms with Gasteiger partial charge in [-0.1, -0.05) is 25.7 Å². The largest absolute Gasteiger partial charge is 0.494 e. The molecule has 1 aromatic rings. The first-order valence-corrected chi connectivity index (χ1v) is 8.01. The second-order valence-corrected chi connectivity index (χ2v) is 5.64. The monoisotopic (exact) mass is 290 g/mol. The number of rotatable bonds is 5. The SMILES string of the molecule is CCOc1ccc(NC(=O)C2CCCCCC2)cc1CN. The molecule has 0 atom stereocenters. The Hall–Kier alpha value is -1.55. The lowest BCUT2D eigenvalue weighted by Crippen LogP contribution is -2.22. The molecule has 0 spiro atoms. The van der Waals surface area contributed by atoms with E-state index in [-0.39, 0.29) is 11.8 Å². The lowest BCUT2D eigenvalue weighted by atomic mass is 9.99. The number of hydrogen-bond acceptors (Lipinski definition) is 3. The number of carbonyl (C=O) groups excluding carboxylic acids is 1. The van der Waals surface area contributed by atoms with Crippen LogP contribution in [0.3, 0.4) is 0 Å². The van der Waals surface area contributed by atoms with Gasteiger partial charge in [-0.2, -0.15) is 0 Å². The van der Waals surface area contributed by atoms with Crippen LogP contribution >= 0.6 is 0 Å². The molecule has 1 fully saturated rings. The minimum absolute atomic E-state index is 0.143. The molecule has 4 nitrogen and oxygen atoms in total. The summed E-state index contributed by atoms with van der Waals surface area (Å²) in [6.45, 7) is 2.96. The summed E-state index contributed by atoms with van der Waals surface area (Å²) in [5.74, 6) is 1.09. The molecule has 0 unspecified atom stereocenters. The van der Waals surface area contributed by atoms with Gasteiger partial charge in [-0.15, -0.1) is 0 Å². The van der Waals surface area contributed by atoms with Crippen LogP contribution in [0.2, 0.25) is 0 Å². The summed E-state index contributed by atoms with van der Waals surface area (Å²) >= 11 is 0. The molecule has 1 aliphatic rings. The topological polar surface area (TPSA) is 64.3 Å². The van der Waals surface area contributed by atoms with E-state index in [1.165, 1.54) is 12.8 Å². The lowest BCUT2D eigenvalue weighted by molar-refractivity contribution is -0.120. The molecule has 0 aromatic heterocycles. The summed E-state index contributed by atoms with van der Waals surface area (Å²) in [4.78, 5) is 12.4. The number of carbonyl (C=O) groups is 1. The standard InChI is InChI=1S/C17H26N2O2/c1-2-21-16-10-9-15(11-14(16)12-18)19-17(20)13-7-5-3-4-6-8-13/h9-11,13H,2-8,12,18H2,1H3,(H,19,20). The molecule has 1 saturated carbocycles. The highest BCUT2D eigenvalue weighted by molar-refractivity contribution is 5.92. The number of hydrogen-bond donors (Lipinski definition) is 2. The average molecular weight is 290 g/mol. The molecule has 1 aromatic carbocycles. The highest BCUT2D eigenvalue weighted by atomic mass is 16.5. The van der Waals surface area contributed by atoms with Crippen LogP contribution in [-0.4, -0.2) is 12.5 Å². The lowest BCUT2D eigenvalue weighted by Gasteiger charge is -2.16. The maximum Gasteiger partial charge on any atom is 0.227 e. The van der Waals surface area contributed by atoms with E-state index in [9.17, 15) is 4.79 Å². The highest BCUT2D eigenvalue weighted by Gasteiger charge is 2.20. The van der Waals surface area contributed by atoms with Crippen LogP contribution in [0, 0.1) is 5.92 Å². The van der Waals surface area contributed by atoms with Gasteiger partial charge in [0.15, 0.2) is 0 Å². The molecule has 21 heavy (non-hydrogen) atoms. The van der Waals surface area contributed by atoms with E-state index in [1.807, 2.05) is 25.1 Å². The van der Waals surface area contributed by atoms with Crippen molar-refractivity contribution in [2.24, 2.45) is 11.7 Å². The third kappa shape index (κ3) is 4.46. The van der Waals surface area contributed by atoms with Crippen LogP contribution in [0.15, 0.2) is 18.2 Å². The zero-order chi connectivity index (χ0) is 15.1. The second-order valence-electron chi connectivity index (χ2n) is 5.64. The summed E-state index contributed by atoms with van der Waals surface area (Å²) in [5, 5.41) is 3.03. The number of nitrogens with one attached hydrogen (secondary N) is 1. The van der Waals surface area contributed by atoms with Gasteiger partial charge in [-0.3, -0.25) is 4.79 Å². The quantitative estimate of drug-likeness (QED) is 0.816. The van der Waals surface area contributed by atoms with Crippen LogP contribution in [0.5, 0.6) is 5.75 Å². The zero-order valence-corrected chi connectivity index (χ0v) is 12.9. The Morgan fingerprint density at radius 3 is 2.62 bits per heavy atom. The van der Waals surface area contributed by atoms with Crippen molar-refractivity contribution in [3.63, 3.8) is 0 Å². The third-order valence-electron chi connectivity index (χ3n) is 4.07. The maximum atomic E-state index is 12.4. The van der Waals surface area contributed by atoms with E-state index >= 15 is 0 Å². The fraction of sp³-hybridized carbons (Fsp3) is 0.588. The van der Waals surface area contributed by atoms with Crippen LogP contribution in [-0.2, 0) is 11.3 Å². The van der Waals surface area contributed by atoms with Gasteiger partial charge in [0, 0.05) is 23.7 Å². The zero-order valence-electron chi connectivity index (χ0n) is 12.9. The molecule has 1 amide bonds. The molecule has 1 aliphatic carbocycles. The smallest absolute Gasteiger partial charge is 0.227 e. The first-order chi connectivity index (χ1) is 10.2. The predicted octanol–water partition coefficient (Wildman–Crippen LogP) is 3.45. The summed E-state index contributed by atoms with van der Waals surface area (Å²) in [7, 11) is 0. The van der Waals surface area contributed by atoms with Crippen LogP contribution in [0.4, 0.5) is 5.69 Å². The van der Waals surface area contributed by atoms with Crippen molar-refractivity contribution in [3.8, 4) is 5.75 Å². The first-order valence-electron chi connectivity index (χ1n) is 8.01. The van der Waals surface area contributed by atoms with Gasteiger partial charge >= 0.3 is 0 Å². The summed E-state index contributed by atoms with van der Waals surface area (Å²) in [6, 6.07) is 5.69. The van der Waals surface area contributed by atoms with E-state index < -0.39 is 0 Å². The van der Waals surface area contributed by atoms with Gasteiger partial charge in [0.25, 0.3) is 0 Å². The molecule has 3 N–H and O–H groups in total. The van der Waals surface area contributed by atoms with Crippen LogP contribution in [0.1, 0.15) is 51.0 Å². The fourth-order valence-corrected chi connectivity index (χ4v) is 2.90. The number of benzene rings is 1. The number of amides is 1. The van der Waals surface area contributed by atoms with Crippen molar-refractivity contribution in [2.45, 2.75) is 52.0 Å². The van der Waals surface area contributed by atoms with Gasteiger partial charge in [-0.05, 0) is 38.0 Å². The summed E-state index contributed by atoms with van der Waals surface area (Å²) < 4.78 is 5.53. The highest BCUT2D eigenvalue weighted by Crippen LogP contribution is 2.26. The Balaban J connectivity index is 2.02. The van der Waals surface area contributed by atoms with Gasteiger partial charge < -0.3 is 15.8 Å². The van der Waals surface area contributed by atoms with Crippen molar-refractivity contribution in [2.75, 3.05) is 11.9 Å². The van der Waals surface area contributed by atoms with Gasteiger partial charge in [0.05, 0.1) is 6.61 Å². The van der Waals surface area contributed by atoms with E-state index in [1.54, 1.807) is 0 Å². The Morgan fingerprint density at radius 2 is 2.00 bits per heavy atom. The minimum atomic E-state index is 0.143. The number of ether oxygens (including phenoxy) is 1. The third-order valence-corrected chi connectivity index (χ3v) is 4.07. The van der Waals surface area contributed by atoms with Crippen molar-refractivity contribution in [1.29, 1.82) is 0 Å². The molecule has 2 rings (SSSR count). The predicted molar refractivity (Wildman–Crippen MR) is 85.3 cm³/mol. The first kappa shape index (κ1) is 15.8. The minimum Gasteiger partial charge on any atom is -0.494 e. The van der Waals surface area contributed by atoms with E-state index in [0.29, 0.717) is 13.2 Å². The van der Waals surface area contributed by atoms with Crippen LogP contribution < -0.4 is 15.8 Å². The fourth-order valence-electron chi connectivity index (χ4n) is 2.90. The maximum absolute atomic E-state index is 12.4.